The zero-order chi connectivity index (χ0) is 19.1. The molecular formula is C21H25N3O3. The fourth-order valence-electron chi connectivity index (χ4n) is 2.94. The van der Waals surface area contributed by atoms with Gasteiger partial charge in [-0.1, -0.05) is 29.8 Å². The van der Waals surface area contributed by atoms with Crippen LogP contribution in [0, 0.1) is 6.92 Å². The summed E-state index contributed by atoms with van der Waals surface area (Å²) in [5.74, 6) is -0.424. The number of morpholine rings is 1. The number of nitrogens with one attached hydrogen (secondary N) is 2. The molecule has 2 aromatic carbocycles. The van der Waals surface area contributed by atoms with Gasteiger partial charge in [-0.25, -0.2) is 0 Å². The fraction of sp³-hybridized carbons (Fsp3) is 0.333. The van der Waals surface area contributed by atoms with Crippen LogP contribution < -0.4 is 10.6 Å². The first-order valence-corrected chi connectivity index (χ1v) is 9.19. The van der Waals surface area contributed by atoms with Crippen molar-refractivity contribution in [2.75, 3.05) is 44.7 Å². The second-order valence-corrected chi connectivity index (χ2v) is 6.58. The van der Waals surface area contributed by atoms with Crippen molar-refractivity contribution >= 4 is 17.5 Å². The number of hydrogen-bond acceptors (Lipinski definition) is 4. The van der Waals surface area contributed by atoms with Gasteiger partial charge in [-0.3, -0.25) is 14.5 Å². The molecule has 0 unspecified atom stereocenters. The number of aryl methyl sites for hydroxylation is 1. The Morgan fingerprint density at radius 2 is 1.70 bits per heavy atom. The van der Waals surface area contributed by atoms with E-state index in [9.17, 15) is 9.59 Å². The first kappa shape index (κ1) is 19.1. The van der Waals surface area contributed by atoms with Crippen LogP contribution in [-0.4, -0.2) is 56.1 Å². The van der Waals surface area contributed by atoms with Gasteiger partial charge in [0.2, 0.25) is 0 Å². The van der Waals surface area contributed by atoms with Gasteiger partial charge in [-0.15, -0.1) is 0 Å². The van der Waals surface area contributed by atoms with Gasteiger partial charge in [0, 0.05) is 31.7 Å². The maximum atomic E-state index is 12.6. The number of amides is 2. The molecule has 0 spiro atoms. The molecule has 1 aliphatic rings. The fourth-order valence-corrected chi connectivity index (χ4v) is 2.94. The minimum Gasteiger partial charge on any atom is -0.379 e. The van der Waals surface area contributed by atoms with Gasteiger partial charge in [0.15, 0.2) is 0 Å². The smallest absolute Gasteiger partial charge is 0.255 e. The van der Waals surface area contributed by atoms with Gasteiger partial charge < -0.3 is 15.4 Å². The van der Waals surface area contributed by atoms with E-state index in [0.717, 1.165) is 38.4 Å². The van der Waals surface area contributed by atoms with Gasteiger partial charge in [0.05, 0.1) is 24.5 Å². The van der Waals surface area contributed by atoms with Crippen molar-refractivity contribution in [3.63, 3.8) is 0 Å². The summed E-state index contributed by atoms with van der Waals surface area (Å²) in [4.78, 5) is 27.3. The van der Waals surface area contributed by atoms with Crippen molar-refractivity contribution in [1.82, 2.24) is 10.2 Å². The number of benzene rings is 2. The number of nitrogens with zero attached hydrogens (tertiary/aromatic N) is 1. The van der Waals surface area contributed by atoms with Gasteiger partial charge in [0.25, 0.3) is 11.8 Å². The number of rotatable bonds is 6. The monoisotopic (exact) mass is 367 g/mol. The van der Waals surface area contributed by atoms with Crippen molar-refractivity contribution in [3.05, 3.63) is 65.2 Å². The van der Waals surface area contributed by atoms with Crippen molar-refractivity contribution in [2.24, 2.45) is 0 Å². The molecule has 2 N–H and O–H groups in total. The van der Waals surface area contributed by atoms with Gasteiger partial charge >= 0.3 is 0 Å². The first-order chi connectivity index (χ1) is 13.1. The standard InChI is InChI=1S/C21H25N3O3/c1-16-6-8-17(9-7-16)20(25)23-19-5-3-2-4-18(19)21(26)22-10-11-24-12-14-27-15-13-24/h2-9H,10-15H2,1H3,(H,22,26)(H,23,25). The van der Waals surface area contributed by atoms with Crippen molar-refractivity contribution in [1.29, 1.82) is 0 Å². The van der Waals surface area contributed by atoms with E-state index in [4.69, 9.17) is 4.74 Å². The average Bonchev–Trinajstić information content (AvgIpc) is 2.69. The summed E-state index contributed by atoms with van der Waals surface area (Å²) < 4.78 is 5.32. The Morgan fingerprint density at radius 1 is 1.00 bits per heavy atom. The molecule has 27 heavy (non-hydrogen) atoms. The van der Waals surface area contributed by atoms with Crippen LogP contribution in [0.4, 0.5) is 5.69 Å². The van der Waals surface area contributed by atoms with Crippen LogP contribution >= 0.6 is 0 Å². The molecule has 2 amide bonds. The third kappa shape index (κ3) is 5.39. The molecule has 2 aromatic rings. The number of para-hydroxylation sites is 1. The normalized spacial score (nSPS) is 14.6. The van der Waals surface area contributed by atoms with E-state index in [0.29, 0.717) is 23.4 Å². The predicted molar refractivity (Wildman–Crippen MR) is 105 cm³/mol. The average molecular weight is 367 g/mol. The molecule has 0 atom stereocenters. The van der Waals surface area contributed by atoms with E-state index >= 15 is 0 Å². The quantitative estimate of drug-likeness (QED) is 0.822. The van der Waals surface area contributed by atoms with Gasteiger partial charge in [-0.05, 0) is 31.2 Å². The van der Waals surface area contributed by atoms with E-state index in [1.165, 1.54) is 0 Å². The highest BCUT2D eigenvalue weighted by atomic mass is 16.5. The Hall–Kier alpha value is -2.70. The molecule has 0 saturated carbocycles. The molecule has 1 heterocycles. The highest BCUT2D eigenvalue weighted by Gasteiger charge is 2.15. The van der Waals surface area contributed by atoms with E-state index in [1.54, 1.807) is 36.4 Å². The molecule has 142 valence electrons. The van der Waals surface area contributed by atoms with Crippen LogP contribution in [0.25, 0.3) is 0 Å². The van der Waals surface area contributed by atoms with Crippen molar-refractivity contribution in [3.8, 4) is 0 Å². The van der Waals surface area contributed by atoms with Crippen LogP contribution in [0.3, 0.4) is 0 Å². The van der Waals surface area contributed by atoms with Crippen LogP contribution in [-0.2, 0) is 4.74 Å². The summed E-state index contributed by atoms with van der Waals surface area (Å²) in [7, 11) is 0. The first-order valence-electron chi connectivity index (χ1n) is 9.19. The molecule has 3 rings (SSSR count). The topological polar surface area (TPSA) is 70.7 Å². The highest BCUT2D eigenvalue weighted by molar-refractivity contribution is 6.09. The predicted octanol–water partition coefficient (Wildman–Crippen LogP) is 2.31. The summed E-state index contributed by atoms with van der Waals surface area (Å²) >= 11 is 0. The zero-order valence-electron chi connectivity index (χ0n) is 15.5. The highest BCUT2D eigenvalue weighted by Crippen LogP contribution is 2.16. The largest absolute Gasteiger partial charge is 0.379 e. The van der Waals surface area contributed by atoms with Gasteiger partial charge in [-0.2, -0.15) is 0 Å². The van der Waals surface area contributed by atoms with Crippen molar-refractivity contribution < 1.29 is 14.3 Å². The Bertz CT molecular complexity index is 784. The van der Waals surface area contributed by atoms with Crippen LogP contribution in [0.1, 0.15) is 26.3 Å². The zero-order valence-corrected chi connectivity index (χ0v) is 15.5. The Balaban J connectivity index is 1.59. The second kappa shape index (κ2) is 9.30. The van der Waals surface area contributed by atoms with Crippen LogP contribution in [0.5, 0.6) is 0 Å². The lowest BCUT2D eigenvalue weighted by atomic mass is 10.1. The molecule has 6 nitrogen and oxygen atoms in total. The summed E-state index contributed by atoms with van der Waals surface area (Å²) in [6, 6.07) is 14.4. The maximum absolute atomic E-state index is 12.6. The van der Waals surface area contributed by atoms with Crippen LogP contribution in [0.15, 0.2) is 48.5 Å². The molecule has 0 aliphatic carbocycles. The lowest BCUT2D eigenvalue weighted by Crippen LogP contribution is -2.41. The molecule has 1 saturated heterocycles. The molecule has 0 bridgehead atoms. The Labute approximate surface area is 159 Å². The molecule has 1 aliphatic heterocycles. The summed E-state index contributed by atoms with van der Waals surface area (Å²) in [6.45, 7) is 6.56. The minimum absolute atomic E-state index is 0.192. The number of carbonyl (C=O) groups is 2. The summed E-state index contributed by atoms with van der Waals surface area (Å²) in [5, 5.41) is 5.77. The molecular weight excluding hydrogens is 342 g/mol. The number of ether oxygens (including phenoxy) is 1. The van der Waals surface area contributed by atoms with Crippen LogP contribution in [0.2, 0.25) is 0 Å². The Kier molecular flexibility index (Phi) is 6.57. The Morgan fingerprint density at radius 3 is 2.44 bits per heavy atom. The third-order valence-electron chi connectivity index (χ3n) is 4.55. The lowest BCUT2D eigenvalue weighted by Gasteiger charge is -2.26. The van der Waals surface area contributed by atoms with E-state index in [-0.39, 0.29) is 11.8 Å². The SMILES string of the molecule is Cc1ccc(C(=O)Nc2ccccc2C(=O)NCCN2CCOCC2)cc1. The third-order valence-corrected chi connectivity index (χ3v) is 4.55. The van der Waals surface area contributed by atoms with Crippen molar-refractivity contribution in [2.45, 2.75) is 6.92 Å². The molecule has 0 radical (unpaired) electrons. The number of hydrogen-bond donors (Lipinski definition) is 2. The van der Waals surface area contributed by atoms with E-state index in [2.05, 4.69) is 15.5 Å². The molecule has 6 heteroatoms. The number of carbonyl (C=O) groups excluding carboxylic acids is 2. The molecule has 1 fully saturated rings. The second-order valence-electron chi connectivity index (χ2n) is 6.58. The summed E-state index contributed by atoms with van der Waals surface area (Å²) in [6.07, 6.45) is 0. The lowest BCUT2D eigenvalue weighted by molar-refractivity contribution is 0.0383. The maximum Gasteiger partial charge on any atom is 0.255 e. The molecule has 0 aromatic heterocycles. The van der Waals surface area contributed by atoms with E-state index in [1.807, 2.05) is 19.1 Å². The van der Waals surface area contributed by atoms with E-state index < -0.39 is 0 Å². The minimum atomic E-state index is -0.233. The number of anilines is 1. The summed E-state index contributed by atoms with van der Waals surface area (Å²) in [5.41, 5.74) is 2.61. The van der Waals surface area contributed by atoms with Gasteiger partial charge in [0.1, 0.15) is 0 Å².